The van der Waals surface area contributed by atoms with Crippen molar-refractivity contribution in [3.8, 4) is 0 Å². The average molecular weight is 476 g/mol. The van der Waals surface area contributed by atoms with Gasteiger partial charge in [-0.05, 0) is 36.8 Å². The Kier molecular flexibility index (Phi) is 8.55. The molecule has 1 heterocycles. The number of piperazine rings is 1. The van der Waals surface area contributed by atoms with Gasteiger partial charge in [0.1, 0.15) is 6.04 Å². The highest BCUT2D eigenvalue weighted by Crippen LogP contribution is 2.27. The molecule has 32 heavy (non-hydrogen) atoms. The lowest BCUT2D eigenvalue weighted by molar-refractivity contribution is -0.150. The molecule has 1 unspecified atom stereocenters. The predicted octanol–water partition coefficient (Wildman–Crippen LogP) is 2.98. The standard InChI is InChI=1S/C23H26ClN3O4S/c1-2-31-23(30)21(16-7-9-17(24)10-8-16)26-11-13-27(14-12-26)22(29)18-5-3-4-6-19(18)32-15-20(25)28/h3-10,21H,2,11-15H2,1H3,(H2,25,28). The fourth-order valence-corrected chi connectivity index (χ4v) is 4.54. The average Bonchev–Trinajstić information content (AvgIpc) is 2.79. The summed E-state index contributed by atoms with van der Waals surface area (Å²) < 4.78 is 5.31. The smallest absolute Gasteiger partial charge is 0.328 e. The van der Waals surface area contributed by atoms with Gasteiger partial charge in [-0.15, -0.1) is 11.8 Å². The summed E-state index contributed by atoms with van der Waals surface area (Å²) in [5, 5.41) is 0.597. The van der Waals surface area contributed by atoms with Crippen LogP contribution in [0, 0.1) is 0 Å². The van der Waals surface area contributed by atoms with E-state index in [4.69, 9.17) is 22.1 Å². The second-order valence-corrected chi connectivity index (χ2v) is 8.74. The highest BCUT2D eigenvalue weighted by Gasteiger charge is 2.33. The van der Waals surface area contributed by atoms with Crippen molar-refractivity contribution in [3.63, 3.8) is 0 Å². The largest absolute Gasteiger partial charge is 0.465 e. The molecule has 1 aliphatic rings. The van der Waals surface area contributed by atoms with Crippen molar-refractivity contribution in [2.24, 2.45) is 5.73 Å². The van der Waals surface area contributed by atoms with Crippen LogP contribution in [-0.4, -0.2) is 66.1 Å². The van der Waals surface area contributed by atoms with Gasteiger partial charge in [0, 0.05) is 36.1 Å². The molecule has 2 aromatic carbocycles. The highest BCUT2D eigenvalue weighted by atomic mass is 35.5. The second kappa shape index (κ2) is 11.4. The van der Waals surface area contributed by atoms with Crippen LogP contribution in [-0.2, 0) is 14.3 Å². The van der Waals surface area contributed by atoms with Crippen LogP contribution in [0.25, 0.3) is 0 Å². The summed E-state index contributed by atoms with van der Waals surface area (Å²) in [5.74, 6) is -0.738. The molecule has 3 rings (SSSR count). The van der Waals surface area contributed by atoms with Gasteiger partial charge in [-0.2, -0.15) is 0 Å². The van der Waals surface area contributed by atoms with Gasteiger partial charge in [-0.3, -0.25) is 14.5 Å². The van der Waals surface area contributed by atoms with Crippen LogP contribution in [0.15, 0.2) is 53.4 Å². The molecule has 170 valence electrons. The van der Waals surface area contributed by atoms with Crippen molar-refractivity contribution >= 4 is 41.1 Å². The van der Waals surface area contributed by atoms with Gasteiger partial charge in [0.05, 0.1) is 17.9 Å². The molecule has 0 spiro atoms. The highest BCUT2D eigenvalue weighted by molar-refractivity contribution is 8.00. The molecular weight excluding hydrogens is 450 g/mol. The van der Waals surface area contributed by atoms with E-state index in [0.717, 1.165) is 10.5 Å². The van der Waals surface area contributed by atoms with E-state index < -0.39 is 11.9 Å². The van der Waals surface area contributed by atoms with Gasteiger partial charge in [0.25, 0.3) is 5.91 Å². The zero-order chi connectivity index (χ0) is 23.1. The summed E-state index contributed by atoms with van der Waals surface area (Å²) in [5.41, 5.74) is 6.60. The van der Waals surface area contributed by atoms with E-state index in [-0.39, 0.29) is 17.6 Å². The summed E-state index contributed by atoms with van der Waals surface area (Å²) in [6.45, 7) is 4.05. The molecule has 0 radical (unpaired) electrons. The maximum Gasteiger partial charge on any atom is 0.328 e. The van der Waals surface area contributed by atoms with Crippen LogP contribution < -0.4 is 5.73 Å². The third kappa shape index (κ3) is 6.03. The number of carbonyl (C=O) groups is 3. The summed E-state index contributed by atoms with van der Waals surface area (Å²) in [6.07, 6.45) is 0. The van der Waals surface area contributed by atoms with E-state index in [1.165, 1.54) is 11.8 Å². The number of benzene rings is 2. The van der Waals surface area contributed by atoms with Crippen LogP contribution in [0.4, 0.5) is 0 Å². The molecule has 9 heteroatoms. The zero-order valence-electron chi connectivity index (χ0n) is 17.8. The van der Waals surface area contributed by atoms with Gasteiger partial charge < -0.3 is 15.4 Å². The monoisotopic (exact) mass is 475 g/mol. The SMILES string of the molecule is CCOC(=O)C(c1ccc(Cl)cc1)N1CCN(C(=O)c2ccccc2SCC(N)=O)CC1. The molecule has 1 fully saturated rings. The first kappa shape index (κ1) is 24.1. The van der Waals surface area contributed by atoms with E-state index in [1.807, 2.05) is 29.2 Å². The normalized spacial score (nSPS) is 15.2. The summed E-state index contributed by atoms with van der Waals surface area (Å²) in [4.78, 5) is 41.5. The van der Waals surface area contributed by atoms with E-state index in [1.54, 1.807) is 36.1 Å². The first-order chi connectivity index (χ1) is 15.4. The fraction of sp³-hybridized carbons (Fsp3) is 0.348. The molecular formula is C23H26ClN3O4S. The molecule has 1 atom stereocenters. The zero-order valence-corrected chi connectivity index (χ0v) is 19.4. The van der Waals surface area contributed by atoms with Crippen LogP contribution in [0.3, 0.4) is 0 Å². The minimum atomic E-state index is -0.553. The molecule has 0 aromatic heterocycles. The van der Waals surface area contributed by atoms with E-state index in [9.17, 15) is 14.4 Å². The third-order valence-corrected chi connectivity index (χ3v) is 6.50. The number of nitrogens with two attached hydrogens (primary N) is 1. The number of ether oxygens (including phenoxy) is 1. The maximum absolute atomic E-state index is 13.2. The Hall–Kier alpha value is -2.55. The number of halogens is 1. The van der Waals surface area contributed by atoms with Crippen LogP contribution >= 0.6 is 23.4 Å². The number of rotatable bonds is 8. The number of esters is 1. The number of primary amides is 1. The summed E-state index contributed by atoms with van der Waals surface area (Å²) in [7, 11) is 0. The first-order valence-electron chi connectivity index (χ1n) is 10.4. The van der Waals surface area contributed by atoms with Crippen molar-refractivity contribution < 1.29 is 19.1 Å². The van der Waals surface area contributed by atoms with Gasteiger partial charge in [-0.1, -0.05) is 35.9 Å². The van der Waals surface area contributed by atoms with Gasteiger partial charge in [0.2, 0.25) is 5.91 Å². The lowest BCUT2D eigenvalue weighted by Gasteiger charge is -2.38. The minimum Gasteiger partial charge on any atom is -0.465 e. The Bertz CT molecular complexity index is 962. The van der Waals surface area contributed by atoms with Crippen LogP contribution in [0.1, 0.15) is 28.9 Å². The van der Waals surface area contributed by atoms with Crippen molar-refractivity contribution in [3.05, 3.63) is 64.7 Å². The van der Waals surface area contributed by atoms with E-state index in [2.05, 4.69) is 0 Å². The van der Waals surface area contributed by atoms with Gasteiger partial charge in [0.15, 0.2) is 0 Å². The molecule has 0 aliphatic carbocycles. The Morgan fingerprint density at radius 3 is 2.34 bits per heavy atom. The molecule has 0 bridgehead atoms. The molecule has 1 aliphatic heterocycles. The summed E-state index contributed by atoms with van der Waals surface area (Å²) in [6, 6.07) is 13.8. The number of carbonyl (C=O) groups excluding carboxylic acids is 3. The Labute approximate surface area is 196 Å². The van der Waals surface area contributed by atoms with Crippen molar-refractivity contribution in [2.45, 2.75) is 17.9 Å². The molecule has 2 amide bonds. The van der Waals surface area contributed by atoms with Crippen LogP contribution in [0.2, 0.25) is 5.02 Å². The number of hydrogen-bond acceptors (Lipinski definition) is 6. The van der Waals surface area contributed by atoms with Gasteiger partial charge >= 0.3 is 5.97 Å². The first-order valence-corrected chi connectivity index (χ1v) is 11.7. The quantitative estimate of drug-likeness (QED) is 0.466. The Morgan fingerprint density at radius 2 is 1.72 bits per heavy atom. The molecule has 0 saturated carbocycles. The maximum atomic E-state index is 13.2. The number of nitrogens with zero attached hydrogens (tertiary/aromatic N) is 2. The lowest BCUT2D eigenvalue weighted by atomic mass is 10.0. The fourth-order valence-electron chi connectivity index (χ4n) is 3.63. The third-order valence-electron chi connectivity index (χ3n) is 5.15. The minimum absolute atomic E-state index is 0.101. The van der Waals surface area contributed by atoms with Crippen LogP contribution in [0.5, 0.6) is 0 Å². The Balaban J connectivity index is 1.71. The molecule has 2 N–H and O–H groups in total. The van der Waals surface area contributed by atoms with Crippen molar-refractivity contribution in [1.29, 1.82) is 0 Å². The predicted molar refractivity (Wildman–Crippen MR) is 125 cm³/mol. The number of thioether (sulfide) groups is 1. The molecule has 1 saturated heterocycles. The van der Waals surface area contributed by atoms with Crippen molar-refractivity contribution in [2.75, 3.05) is 38.5 Å². The Morgan fingerprint density at radius 1 is 1.06 bits per heavy atom. The summed E-state index contributed by atoms with van der Waals surface area (Å²) >= 11 is 7.26. The topological polar surface area (TPSA) is 92.9 Å². The van der Waals surface area contributed by atoms with E-state index in [0.29, 0.717) is 43.4 Å². The lowest BCUT2D eigenvalue weighted by Crippen LogP contribution is -2.51. The molecule has 7 nitrogen and oxygen atoms in total. The van der Waals surface area contributed by atoms with Gasteiger partial charge in [-0.25, -0.2) is 4.79 Å². The van der Waals surface area contributed by atoms with Crippen molar-refractivity contribution in [1.82, 2.24) is 9.80 Å². The van der Waals surface area contributed by atoms with E-state index >= 15 is 0 Å². The number of hydrogen-bond donors (Lipinski definition) is 1. The second-order valence-electron chi connectivity index (χ2n) is 7.29. The number of amides is 2. The molecule has 2 aromatic rings.